The number of anilines is 3. The molecule has 0 radical (unpaired) electrons. The lowest BCUT2D eigenvalue weighted by Crippen LogP contribution is -2.32. The minimum Gasteiger partial charge on any atom is -0.374 e. The molecular formula is C20H29N5O. The van der Waals surface area contributed by atoms with E-state index in [0.717, 1.165) is 35.9 Å². The predicted molar refractivity (Wildman–Crippen MR) is 107 cm³/mol. The molecule has 2 aromatic rings. The highest BCUT2D eigenvalue weighted by Gasteiger charge is 2.18. The van der Waals surface area contributed by atoms with Crippen molar-refractivity contribution >= 4 is 23.0 Å². The zero-order chi connectivity index (χ0) is 18.7. The Morgan fingerprint density at radius 3 is 2.35 bits per heavy atom. The molecule has 1 aliphatic rings. The number of nitrogens with one attached hydrogen (secondary N) is 2. The van der Waals surface area contributed by atoms with Gasteiger partial charge in [-0.15, -0.1) is 0 Å². The van der Waals surface area contributed by atoms with Gasteiger partial charge in [-0.2, -0.15) is 5.10 Å². The van der Waals surface area contributed by atoms with Gasteiger partial charge in [0.15, 0.2) is 0 Å². The van der Waals surface area contributed by atoms with E-state index in [2.05, 4.69) is 32.8 Å². The number of piperidine rings is 1. The molecule has 1 fully saturated rings. The number of carbonyl (C=O) groups is 1. The van der Waals surface area contributed by atoms with Gasteiger partial charge in [-0.25, -0.2) is 0 Å². The highest BCUT2D eigenvalue weighted by atomic mass is 16.2. The van der Waals surface area contributed by atoms with Crippen LogP contribution in [0.25, 0.3) is 0 Å². The van der Waals surface area contributed by atoms with Gasteiger partial charge in [0.05, 0.1) is 17.1 Å². The van der Waals surface area contributed by atoms with Gasteiger partial charge in [-0.1, -0.05) is 0 Å². The number of carbonyl (C=O) groups excluding carboxylic acids is 1. The van der Waals surface area contributed by atoms with Gasteiger partial charge < -0.3 is 15.5 Å². The van der Waals surface area contributed by atoms with E-state index < -0.39 is 0 Å². The average molecular weight is 355 g/mol. The van der Waals surface area contributed by atoms with E-state index >= 15 is 0 Å². The lowest BCUT2D eigenvalue weighted by atomic mass is 10.1. The second-order valence-corrected chi connectivity index (χ2v) is 7.12. The highest BCUT2D eigenvalue weighted by Crippen LogP contribution is 2.23. The van der Waals surface area contributed by atoms with E-state index in [-0.39, 0.29) is 11.9 Å². The minimum absolute atomic E-state index is 0.0655. The number of hydrogen-bond acceptors (Lipinski definition) is 4. The molecule has 1 aromatic heterocycles. The van der Waals surface area contributed by atoms with Crippen LogP contribution in [0.2, 0.25) is 0 Å². The summed E-state index contributed by atoms with van der Waals surface area (Å²) in [5, 5.41) is 10.6. The zero-order valence-electron chi connectivity index (χ0n) is 16.2. The summed E-state index contributed by atoms with van der Waals surface area (Å²) in [6.07, 6.45) is 3.87. The van der Waals surface area contributed by atoms with Gasteiger partial charge in [0.2, 0.25) is 5.91 Å². The number of hydrogen-bond donors (Lipinski definition) is 2. The molecule has 0 spiro atoms. The molecule has 3 rings (SSSR count). The van der Waals surface area contributed by atoms with Crippen molar-refractivity contribution in [2.24, 2.45) is 7.05 Å². The lowest BCUT2D eigenvalue weighted by molar-refractivity contribution is -0.116. The molecule has 1 saturated heterocycles. The summed E-state index contributed by atoms with van der Waals surface area (Å²) in [5.74, 6) is -0.0655. The fraction of sp³-hybridized carbons (Fsp3) is 0.500. The van der Waals surface area contributed by atoms with Crippen molar-refractivity contribution in [1.29, 1.82) is 0 Å². The topological polar surface area (TPSA) is 62.2 Å². The van der Waals surface area contributed by atoms with Gasteiger partial charge in [-0.05, 0) is 64.3 Å². The standard InChI is InChI=1S/C20H29N5O/c1-14-19(16(3)24(4)23-14)22-20(26)15(2)21-17-8-10-18(11-9-17)25-12-6-5-7-13-25/h8-11,15,21H,5-7,12-13H2,1-4H3,(H,22,26). The largest absolute Gasteiger partial charge is 0.374 e. The smallest absolute Gasteiger partial charge is 0.246 e. The number of rotatable bonds is 5. The van der Waals surface area contributed by atoms with Crippen molar-refractivity contribution in [3.63, 3.8) is 0 Å². The van der Waals surface area contributed by atoms with E-state index in [1.54, 1.807) is 4.68 Å². The monoisotopic (exact) mass is 355 g/mol. The molecule has 26 heavy (non-hydrogen) atoms. The first-order chi connectivity index (χ1) is 12.5. The first kappa shape index (κ1) is 18.3. The van der Waals surface area contributed by atoms with Gasteiger partial charge in [0.1, 0.15) is 6.04 Å². The van der Waals surface area contributed by atoms with Crippen LogP contribution in [-0.2, 0) is 11.8 Å². The second kappa shape index (κ2) is 7.81. The van der Waals surface area contributed by atoms with Crippen molar-refractivity contribution < 1.29 is 4.79 Å². The quantitative estimate of drug-likeness (QED) is 0.862. The van der Waals surface area contributed by atoms with Crippen LogP contribution in [0.3, 0.4) is 0 Å². The third-order valence-corrected chi connectivity index (χ3v) is 5.12. The maximum atomic E-state index is 12.5. The number of amides is 1. The van der Waals surface area contributed by atoms with E-state index in [4.69, 9.17) is 0 Å². The van der Waals surface area contributed by atoms with Crippen molar-refractivity contribution in [3.05, 3.63) is 35.7 Å². The molecular weight excluding hydrogens is 326 g/mol. The lowest BCUT2D eigenvalue weighted by Gasteiger charge is -2.29. The summed E-state index contributed by atoms with van der Waals surface area (Å²) in [6.45, 7) is 7.99. The van der Waals surface area contributed by atoms with Crippen molar-refractivity contribution in [1.82, 2.24) is 9.78 Å². The molecule has 6 nitrogen and oxygen atoms in total. The Morgan fingerprint density at radius 2 is 1.77 bits per heavy atom. The SMILES string of the molecule is Cc1nn(C)c(C)c1NC(=O)C(C)Nc1ccc(N2CCCCC2)cc1. The Hall–Kier alpha value is -2.50. The van der Waals surface area contributed by atoms with Crippen LogP contribution in [0.4, 0.5) is 17.1 Å². The second-order valence-electron chi connectivity index (χ2n) is 7.12. The van der Waals surface area contributed by atoms with Crippen molar-refractivity contribution in [2.45, 2.75) is 46.1 Å². The average Bonchev–Trinajstić information content (AvgIpc) is 2.89. The van der Waals surface area contributed by atoms with E-state index in [0.29, 0.717) is 0 Å². The zero-order valence-corrected chi connectivity index (χ0v) is 16.2. The Balaban J connectivity index is 1.60. The molecule has 1 amide bonds. The highest BCUT2D eigenvalue weighted by molar-refractivity contribution is 5.97. The maximum absolute atomic E-state index is 12.5. The fourth-order valence-corrected chi connectivity index (χ4v) is 3.42. The number of aromatic nitrogens is 2. The molecule has 0 aliphatic carbocycles. The van der Waals surface area contributed by atoms with E-state index in [9.17, 15) is 4.79 Å². The summed E-state index contributed by atoms with van der Waals surface area (Å²) in [5.41, 5.74) is 4.79. The Kier molecular flexibility index (Phi) is 5.49. The van der Waals surface area contributed by atoms with Gasteiger partial charge in [0.25, 0.3) is 0 Å². The summed E-state index contributed by atoms with van der Waals surface area (Å²) in [4.78, 5) is 15.0. The van der Waals surface area contributed by atoms with Crippen LogP contribution < -0.4 is 15.5 Å². The van der Waals surface area contributed by atoms with Crippen LogP contribution >= 0.6 is 0 Å². The fourth-order valence-electron chi connectivity index (χ4n) is 3.42. The molecule has 2 N–H and O–H groups in total. The Bertz CT molecular complexity index is 759. The van der Waals surface area contributed by atoms with Crippen molar-refractivity contribution in [3.8, 4) is 0 Å². The molecule has 2 heterocycles. The number of benzene rings is 1. The first-order valence-corrected chi connectivity index (χ1v) is 9.38. The van der Waals surface area contributed by atoms with Gasteiger partial charge >= 0.3 is 0 Å². The predicted octanol–water partition coefficient (Wildman–Crippen LogP) is 3.47. The number of aryl methyl sites for hydroxylation is 2. The molecule has 1 unspecified atom stereocenters. The Labute approximate surface area is 155 Å². The molecule has 1 atom stereocenters. The van der Waals surface area contributed by atoms with Gasteiger partial charge in [0, 0.05) is 31.5 Å². The van der Waals surface area contributed by atoms with Crippen molar-refractivity contribution in [2.75, 3.05) is 28.6 Å². The Morgan fingerprint density at radius 1 is 1.12 bits per heavy atom. The first-order valence-electron chi connectivity index (χ1n) is 9.38. The van der Waals surface area contributed by atoms with Crippen LogP contribution in [0.15, 0.2) is 24.3 Å². The van der Waals surface area contributed by atoms with Crippen LogP contribution in [0.1, 0.15) is 37.6 Å². The summed E-state index contributed by atoms with van der Waals surface area (Å²) < 4.78 is 1.78. The maximum Gasteiger partial charge on any atom is 0.246 e. The van der Waals surface area contributed by atoms with Crippen LogP contribution in [0, 0.1) is 13.8 Å². The van der Waals surface area contributed by atoms with Gasteiger partial charge in [-0.3, -0.25) is 9.48 Å². The molecule has 6 heteroatoms. The molecule has 0 saturated carbocycles. The molecule has 1 aromatic carbocycles. The summed E-state index contributed by atoms with van der Waals surface area (Å²) in [6, 6.07) is 8.03. The summed E-state index contributed by atoms with van der Waals surface area (Å²) in [7, 11) is 1.88. The minimum atomic E-state index is -0.338. The van der Waals surface area contributed by atoms with E-state index in [1.165, 1.54) is 24.9 Å². The normalized spacial score (nSPS) is 15.6. The third kappa shape index (κ3) is 4.00. The van der Waals surface area contributed by atoms with Crippen LogP contribution in [0.5, 0.6) is 0 Å². The molecule has 0 bridgehead atoms. The number of nitrogens with zero attached hydrogens (tertiary/aromatic N) is 3. The van der Waals surface area contributed by atoms with E-state index in [1.807, 2.05) is 40.0 Å². The third-order valence-electron chi connectivity index (χ3n) is 5.12. The molecule has 1 aliphatic heterocycles. The van der Waals surface area contributed by atoms with Crippen LogP contribution in [-0.4, -0.2) is 34.8 Å². The summed E-state index contributed by atoms with van der Waals surface area (Å²) >= 11 is 0. The molecule has 140 valence electrons.